The minimum Gasteiger partial charge on any atom is -0.345 e. The molecular formula is C15H22N4O. The van der Waals surface area contributed by atoms with Gasteiger partial charge in [0.05, 0.1) is 23.1 Å². The van der Waals surface area contributed by atoms with Crippen LogP contribution in [0.5, 0.6) is 0 Å². The lowest BCUT2D eigenvalue weighted by molar-refractivity contribution is -0.122. The van der Waals surface area contributed by atoms with Crippen molar-refractivity contribution in [3.8, 4) is 0 Å². The van der Waals surface area contributed by atoms with E-state index < -0.39 is 6.04 Å². The maximum absolute atomic E-state index is 11.7. The van der Waals surface area contributed by atoms with Crippen LogP contribution in [0.4, 0.5) is 0 Å². The Kier molecular flexibility index (Phi) is 4.09. The summed E-state index contributed by atoms with van der Waals surface area (Å²) >= 11 is 0. The zero-order valence-corrected chi connectivity index (χ0v) is 12.4. The number of carbonyl (C=O) groups excluding carboxylic acids is 1. The molecule has 0 aliphatic heterocycles. The van der Waals surface area contributed by atoms with Gasteiger partial charge in [-0.05, 0) is 39.8 Å². The van der Waals surface area contributed by atoms with Crippen LogP contribution < -0.4 is 11.1 Å². The molecule has 5 nitrogen and oxygen atoms in total. The fourth-order valence-corrected chi connectivity index (χ4v) is 2.32. The quantitative estimate of drug-likeness (QED) is 0.897. The van der Waals surface area contributed by atoms with Crippen molar-refractivity contribution in [3.05, 3.63) is 30.1 Å². The van der Waals surface area contributed by atoms with E-state index >= 15 is 0 Å². The molecule has 0 bridgehead atoms. The lowest BCUT2D eigenvalue weighted by atomic mass is 10.2. The lowest BCUT2D eigenvalue weighted by Gasteiger charge is -2.19. The summed E-state index contributed by atoms with van der Waals surface area (Å²) in [5, 5.41) is 2.90. The van der Waals surface area contributed by atoms with Gasteiger partial charge in [0.15, 0.2) is 0 Å². The van der Waals surface area contributed by atoms with Crippen LogP contribution in [0, 0.1) is 0 Å². The van der Waals surface area contributed by atoms with Gasteiger partial charge in [-0.2, -0.15) is 0 Å². The number of rotatable bonds is 4. The Morgan fingerprint density at radius 2 is 1.90 bits per heavy atom. The first-order valence-electron chi connectivity index (χ1n) is 6.94. The van der Waals surface area contributed by atoms with Crippen molar-refractivity contribution in [1.82, 2.24) is 14.9 Å². The monoisotopic (exact) mass is 274 g/mol. The van der Waals surface area contributed by atoms with E-state index in [1.54, 1.807) is 6.92 Å². The van der Waals surface area contributed by atoms with Crippen LogP contribution in [0.25, 0.3) is 11.0 Å². The van der Waals surface area contributed by atoms with Gasteiger partial charge in [0.1, 0.15) is 5.82 Å². The zero-order valence-electron chi connectivity index (χ0n) is 12.4. The van der Waals surface area contributed by atoms with E-state index in [4.69, 9.17) is 5.73 Å². The smallest absolute Gasteiger partial charge is 0.237 e. The summed E-state index contributed by atoms with van der Waals surface area (Å²) < 4.78 is 2.15. The Balaban J connectivity index is 2.42. The maximum atomic E-state index is 11.7. The maximum Gasteiger partial charge on any atom is 0.237 e. The normalized spacial score (nSPS) is 14.5. The van der Waals surface area contributed by atoms with Crippen LogP contribution in [-0.2, 0) is 4.79 Å². The molecule has 2 atom stereocenters. The van der Waals surface area contributed by atoms with Gasteiger partial charge < -0.3 is 15.6 Å². The van der Waals surface area contributed by atoms with E-state index in [1.165, 1.54) is 0 Å². The van der Waals surface area contributed by atoms with Crippen LogP contribution in [0.1, 0.15) is 45.6 Å². The number of nitrogens with one attached hydrogen (secondary N) is 1. The number of carbonyl (C=O) groups is 1. The Morgan fingerprint density at radius 1 is 1.25 bits per heavy atom. The molecule has 0 aliphatic carbocycles. The van der Waals surface area contributed by atoms with Crippen molar-refractivity contribution in [3.63, 3.8) is 0 Å². The number of imidazole rings is 1. The van der Waals surface area contributed by atoms with E-state index in [2.05, 4.69) is 28.7 Å². The van der Waals surface area contributed by atoms with Crippen molar-refractivity contribution in [2.24, 2.45) is 5.73 Å². The zero-order chi connectivity index (χ0) is 14.9. The molecule has 2 aromatic rings. The molecule has 20 heavy (non-hydrogen) atoms. The standard InChI is InChI=1S/C15H22N4O/c1-9(2)19-13-8-6-5-7-12(13)18-14(19)11(4)17-15(20)10(3)16/h5-11H,16H2,1-4H3,(H,17,20). The molecular weight excluding hydrogens is 252 g/mol. The average molecular weight is 274 g/mol. The molecule has 2 rings (SSSR count). The van der Waals surface area contributed by atoms with Crippen molar-refractivity contribution in [1.29, 1.82) is 0 Å². The van der Waals surface area contributed by atoms with Crippen molar-refractivity contribution >= 4 is 16.9 Å². The SMILES string of the molecule is CC(N)C(=O)NC(C)c1nc2ccccc2n1C(C)C. The minimum absolute atomic E-state index is 0.167. The molecule has 0 fully saturated rings. The van der Waals surface area contributed by atoms with Gasteiger partial charge in [-0.3, -0.25) is 4.79 Å². The topological polar surface area (TPSA) is 72.9 Å². The number of aromatic nitrogens is 2. The number of hydrogen-bond acceptors (Lipinski definition) is 3. The highest BCUT2D eigenvalue weighted by atomic mass is 16.2. The second-order valence-corrected chi connectivity index (χ2v) is 5.44. The summed E-state index contributed by atoms with van der Waals surface area (Å²) in [5.74, 6) is 0.690. The summed E-state index contributed by atoms with van der Waals surface area (Å²) in [7, 11) is 0. The highest BCUT2D eigenvalue weighted by Crippen LogP contribution is 2.24. The number of fused-ring (bicyclic) bond motifs is 1. The number of nitrogens with two attached hydrogens (primary N) is 1. The molecule has 108 valence electrons. The number of amides is 1. The van der Waals surface area contributed by atoms with Crippen molar-refractivity contribution in [2.75, 3.05) is 0 Å². The second-order valence-electron chi connectivity index (χ2n) is 5.44. The Bertz CT molecular complexity index is 615. The van der Waals surface area contributed by atoms with Gasteiger partial charge in [-0.1, -0.05) is 12.1 Å². The molecule has 5 heteroatoms. The third-order valence-corrected chi connectivity index (χ3v) is 3.30. The number of benzene rings is 1. The lowest BCUT2D eigenvalue weighted by Crippen LogP contribution is -2.40. The first-order valence-corrected chi connectivity index (χ1v) is 6.94. The largest absolute Gasteiger partial charge is 0.345 e. The number of nitrogens with zero attached hydrogens (tertiary/aromatic N) is 2. The molecule has 0 saturated carbocycles. The third kappa shape index (κ3) is 2.67. The Morgan fingerprint density at radius 3 is 2.50 bits per heavy atom. The molecule has 0 radical (unpaired) electrons. The van der Waals surface area contributed by atoms with Gasteiger partial charge >= 0.3 is 0 Å². The second kappa shape index (κ2) is 5.63. The minimum atomic E-state index is -0.519. The van der Waals surface area contributed by atoms with Gasteiger partial charge in [-0.15, -0.1) is 0 Å². The van der Waals surface area contributed by atoms with Gasteiger partial charge in [-0.25, -0.2) is 4.98 Å². The van der Waals surface area contributed by atoms with E-state index in [0.717, 1.165) is 16.9 Å². The van der Waals surface area contributed by atoms with Gasteiger partial charge in [0.2, 0.25) is 5.91 Å². The summed E-state index contributed by atoms with van der Waals surface area (Å²) in [6, 6.07) is 7.57. The fourth-order valence-electron chi connectivity index (χ4n) is 2.32. The predicted octanol–water partition coefficient (Wildman–Crippen LogP) is 2.14. The summed E-state index contributed by atoms with van der Waals surface area (Å²) in [5.41, 5.74) is 7.62. The van der Waals surface area contributed by atoms with Crippen molar-refractivity contribution in [2.45, 2.75) is 45.8 Å². The Hall–Kier alpha value is -1.88. The molecule has 0 saturated heterocycles. The highest BCUT2D eigenvalue weighted by Gasteiger charge is 2.20. The predicted molar refractivity (Wildman–Crippen MR) is 80.3 cm³/mol. The molecule has 1 amide bonds. The van der Waals surface area contributed by atoms with Crippen molar-refractivity contribution < 1.29 is 4.79 Å². The average Bonchev–Trinajstić information content (AvgIpc) is 2.77. The third-order valence-electron chi connectivity index (χ3n) is 3.30. The summed E-state index contributed by atoms with van der Waals surface area (Å²) in [4.78, 5) is 16.4. The van der Waals surface area contributed by atoms with Crippen LogP contribution in [0.3, 0.4) is 0 Å². The van der Waals surface area contributed by atoms with E-state index in [1.807, 2.05) is 31.2 Å². The Labute approximate surface area is 119 Å². The summed E-state index contributed by atoms with van der Waals surface area (Å²) in [6.45, 7) is 7.82. The highest BCUT2D eigenvalue weighted by molar-refractivity contribution is 5.81. The molecule has 0 aliphatic rings. The molecule has 1 aromatic heterocycles. The van der Waals surface area contributed by atoms with Gasteiger partial charge in [0, 0.05) is 6.04 Å². The number of para-hydroxylation sites is 2. The molecule has 3 N–H and O–H groups in total. The summed E-state index contributed by atoms with van der Waals surface area (Å²) in [6.07, 6.45) is 0. The van der Waals surface area contributed by atoms with Crippen LogP contribution >= 0.6 is 0 Å². The first kappa shape index (κ1) is 14.5. The van der Waals surface area contributed by atoms with Gasteiger partial charge in [0.25, 0.3) is 0 Å². The fraction of sp³-hybridized carbons (Fsp3) is 0.467. The number of hydrogen-bond donors (Lipinski definition) is 2. The van der Waals surface area contributed by atoms with Crippen LogP contribution in [0.15, 0.2) is 24.3 Å². The molecule has 1 heterocycles. The van der Waals surface area contributed by atoms with E-state index in [0.29, 0.717) is 0 Å². The van der Waals surface area contributed by atoms with E-state index in [-0.39, 0.29) is 18.0 Å². The molecule has 2 unspecified atom stereocenters. The van der Waals surface area contributed by atoms with Crippen LogP contribution in [-0.4, -0.2) is 21.5 Å². The molecule has 1 aromatic carbocycles. The van der Waals surface area contributed by atoms with Crippen LogP contribution in [0.2, 0.25) is 0 Å². The first-order chi connectivity index (χ1) is 9.41. The molecule has 0 spiro atoms. The van der Waals surface area contributed by atoms with E-state index in [9.17, 15) is 4.79 Å².